The van der Waals surface area contributed by atoms with Crippen molar-refractivity contribution < 1.29 is 0 Å². The van der Waals surface area contributed by atoms with Gasteiger partial charge in [-0.05, 0) is 31.1 Å². The minimum absolute atomic E-state index is 0.683. The standard InChI is InChI=1S/C13H25N/c1-13(9-10-13)11-14-12-7-5-3-2-4-6-8-12/h12,14H,2-11H2,1H3. The van der Waals surface area contributed by atoms with Gasteiger partial charge in [0.25, 0.3) is 0 Å². The lowest BCUT2D eigenvalue weighted by Crippen LogP contribution is -2.33. The fourth-order valence-electron chi connectivity index (χ4n) is 2.44. The van der Waals surface area contributed by atoms with Gasteiger partial charge >= 0.3 is 0 Å². The first-order valence-corrected chi connectivity index (χ1v) is 6.52. The fraction of sp³-hybridized carbons (Fsp3) is 1.00. The van der Waals surface area contributed by atoms with Gasteiger partial charge in [0.2, 0.25) is 0 Å². The largest absolute Gasteiger partial charge is 0.313 e. The Morgan fingerprint density at radius 2 is 1.57 bits per heavy atom. The lowest BCUT2D eigenvalue weighted by molar-refractivity contribution is 0.361. The van der Waals surface area contributed by atoms with E-state index in [1.54, 1.807) is 0 Å². The van der Waals surface area contributed by atoms with Gasteiger partial charge < -0.3 is 5.32 Å². The molecular formula is C13H25N. The highest BCUT2D eigenvalue weighted by Gasteiger charge is 2.37. The Labute approximate surface area is 88.7 Å². The molecule has 0 amide bonds. The van der Waals surface area contributed by atoms with Crippen molar-refractivity contribution in [1.29, 1.82) is 0 Å². The van der Waals surface area contributed by atoms with Crippen LogP contribution in [0.25, 0.3) is 0 Å². The molecule has 0 atom stereocenters. The molecule has 2 aliphatic rings. The van der Waals surface area contributed by atoms with Gasteiger partial charge in [0.05, 0.1) is 0 Å². The quantitative estimate of drug-likeness (QED) is 0.727. The van der Waals surface area contributed by atoms with Crippen molar-refractivity contribution in [2.45, 2.75) is 70.8 Å². The first kappa shape index (κ1) is 10.5. The van der Waals surface area contributed by atoms with E-state index >= 15 is 0 Å². The topological polar surface area (TPSA) is 12.0 Å². The van der Waals surface area contributed by atoms with E-state index in [1.807, 2.05) is 0 Å². The van der Waals surface area contributed by atoms with Crippen LogP contribution in [-0.2, 0) is 0 Å². The monoisotopic (exact) mass is 195 g/mol. The smallest absolute Gasteiger partial charge is 0.00672 e. The second-order valence-electron chi connectivity index (χ2n) is 5.73. The van der Waals surface area contributed by atoms with Crippen LogP contribution in [0.1, 0.15) is 64.7 Å². The molecule has 0 spiro atoms. The predicted octanol–water partition coefficient (Wildman–Crippen LogP) is 3.49. The SMILES string of the molecule is CC1(CNC2CCCCCCC2)CC1. The van der Waals surface area contributed by atoms with E-state index in [0.717, 1.165) is 6.04 Å². The number of hydrogen-bond acceptors (Lipinski definition) is 1. The molecule has 0 saturated heterocycles. The zero-order valence-corrected chi connectivity index (χ0v) is 9.65. The van der Waals surface area contributed by atoms with Gasteiger partial charge in [-0.1, -0.05) is 39.0 Å². The molecule has 1 heteroatoms. The summed E-state index contributed by atoms with van der Waals surface area (Å²) < 4.78 is 0. The van der Waals surface area contributed by atoms with Crippen LogP contribution < -0.4 is 5.32 Å². The summed E-state index contributed by atoms with van der Waals surface area (Å²) in [4.78, 5) is 0. The highest BCUT2D eigenvalue weighted by Crippen LogP contribution is 2.44. The van der Waals surface area contributed by atoms with Crippen molar-refractivity contribution in [2.24, 2.45) is 5.41 Å². The average molecular weight is 195 g/mol. The molecule has 14 heavy (non-hydrogen) atoms. The van der Waals surface area contributed by atoms with Crippen LogP contribution in [-0.4, -0.2) is 12.6 Å². The number of rotatable bonds is 3. The Kier molecular flexibility index (Phi) is 3.48. The summed E-state index contributed by atoms with van der Waals surface area (Å²) in [7, 11) is 0. The highest BCUT2D eigenvalue weighted by molar-refractivity contribution is 4.91. The zero-order chi connectivity index (χ0) is 9.86. The molecule has 82 valence electrons. The van der Waals surface area contributed by atoms with Gasteiger partial charge in [0, 0.05) is 12.6 Å². The Balaban J connectivity index is 1.66. The highest BCUT2D eigenvalue weighted by atomic mass is 14.9. The van der Waals surface area contributed by atoms with Crippen molar-refractivity contribution in [3.63, 3.8) is 0 Å². The van der Waals surface area contributed by atoms with Crippen LogP contribution in [0.15, 0.2) is 0 Å². The van der Waals surface area contributed by atoms with Gasteiger partial charge in [-0.25, -0.2) is 0 Å². The zero-order valence-electron chi connectivity index (χ0n) is 9.65. The van der Waals surface area contributed by atoms with Crippen LogP contribution in [0.5, 0.6) is 0 Å². The molecule has 0 aromatic rings. The van der Waals surface area contributed by atoms with Crippen LogP contribution in [0.2, 0.25) is 0 Å². The van der Waals surface area contributed by atoms with Crippen LogP contribution >= 0.6 is 0 Å². The lowest BCUT2D eigenvalue weighted by Gasteiger charge is -2.22. The summed E-state index contributed by atoms with van der Waals surface area (Å²) in [5, 5.41) is 3.79. The maximum atomic E-state index is 3.79. The number of hydrogen-bond donors (Lipinski definition) is 1. The summed E-state index contributed by atoms with van der Waals surface area (Å²) in [6.07, 6.45) is 13.1. The van der Waals surface area contributed by atoms with Crippen LogP contribution in [0, 0.1) is 5.41 Å². The van der Waals surface area contributed by atoms with E-state index in [4.69, 9.17) is 0 Å². The third-order valence-electron chi connectivity index (χ3n) is 4.03. The molecule has 0 heterocycles. The minimum Gasteiger partial charge on any atom is -0.313 e. The summed E-state index contributed by atoms with van der Waals surface area (Å²) in [5.74, 6) is 0. The van der Waals surface area contributed by atoms with Crippen molar-refractivity contribution >= 4 is 0 Å². The first-order valence-electron chi connectivity index (χ1n) is 6.52. The molecule has 0 unspecified atom stereocenters. The molecular weight excluding hydrogens is 170 g/mol. The Morgan fingerprint density at radius 3 is 2.14 bits per heavy atom. The molecule has 2 saturated carbocycles. The molecule has 0 radical (unpaired) electrons. The van der Waals surface area contributed by atoms with Gasteiger partial charge in [-0.2, -0.15) is 0 Å². The molecule has 1 N–H and O–H groups in total. The molecule has 0 aliphatic heterocycles. The Morgan fingerprint density at radius 1 is 1.00 bits per heavy atom. The molecule has 1 nitrogen and oxygen atoms in total. The molecule has 0 aromatic heterocycles. The van der Waals surface area contributed by atoms with E-state index in [-0.39, 0.29) is 0 Å². The van der Waals surface area contributed by atoms with E-state index in [2.05, 4.69) is 12.2 Å². The van der Waals surface area contributed by atoms with Gasteiger partial charge in [0.15, 0.2) is 0 Å². The summed E-state index contributed by atoms with van der Waals surface area (Å²) in [6, 6.07) is 0.840. The van der Waals surface area contributed by atoms with E-state index in [1.165, 1.54) is 64.3 Å². The van der Waals surface area contributed by atoms with Gasteiger partial charge in [0.1, 0.15) is 0 Å². The van der Waals surface area contributed by atoms with Crippen molar-refractivity contribution in [1.82, 2.24) is 5.32 Å². The summed E-state index contributed by atoms with van der Waals surface area (Å²) in [5.41, 5.74) is 0.683. The molecule has 2 rings (SSSR count). The van der Waals surface area contributed by atoms with E-state index in [0.29, 0.717) is 5.41 Å². The molecule has 2 fully saturated rings. The second-order valence-corrected chi connectivity index (χ2v) is 5.73. The third kappa shape index (κ3) is 3.27. The molecule has 0 aromatic carbocycles. The first-order chi connectivity index (χ1) is 6.79. The predicted molar refractivity (Wildman–Crippen MR) is 61.5 cm³/mol. The maximum absolute atomic E-state index is 3.79. The van der Waals surface area contributed by atoms with E-state index in [9.17, 15) is 0 Å². The Hall–Kier alpha value is -0.0400. The second kappa shape index (κ2) is 4.65. The van der Waals surface area contributed by atoms with Crippen molar-refractivity contribution in [3.05, 3.63) is 0 Å². The van der Waals surface area contributed by atoms with Crippen molar-refractivity contribution in [2.75, 3.05) is 6.54 Å². The van der Waals surface area contributed by atoms with Gasteiger partial charge in [-0.15, -0.1) is 0 Å². The molecule has 2 aliphatic carbocycles. The van der Waals surface area contributed by atoms with Crippen LogP contribution in [0.4, 0.5) is 0 Å². The van der Waals surface area contributed by atoms with Gasteiger partial charge in [-0.3, -0.25) is 0 Å². The summed E-state index contributed by atoms with van der Waals surface area (Å²) in [6.45, 7) is 3.70. The fourth-order valence-corrected chi connectivity index (χ4v) is 2.44. The average Bonchev–Trinajstić information content (AvgIpc) is 2.82. The maximum Gasteiger partial charge on any atom is 0.00672 e. The third-order valence-corrected chi connectivity index (χ3v) is 4.03. The minimum atomic E-state index is 0.683. The normalized spacial score (nSPS) is 28.1. The van der Waals surface area contributed by atoms with E-state index < -0.39 is 0 Å². The number of nitrogens with one attached hydrogen (secondary N) is 1. The summed E-state index contributed by atoms with van der Waals surface area (Å²) >= 11 is 0. The van der Waals surface area contributed by atoms with Crippen LogP contribution in [0.3, 0.4) is 0 Å². The molecule has 0 bridgehead atoms. The lowest BCUT2D eigenvalue weighted by atomic mass is 9.96. The Bertz CT molecular complexity index is 164. The van der Waals surface area contributed by atoms with Crippen molar-refractivity contribution in [3.8, 4) is 0 Å².